The Labute approximate surface area is 158 Å². The molecule has 148 valence electrons. The number of hydrogen-bond acceptors (Lipinski definition) is 4. The largest absolute Gasteiger partial charge is 0.467 e. The van der Waals surface area contributed by atoms with E-state index in [-0.39, 0.29) is 23.2 Å². The van der Waals surface area contributed by atoms with Crippen LogP contribution in [0.25, 0.3) is 0 Å². The van der Waals surface area contributed by atoms with Crippen molar-refractivity contribution < 1.29 is 23.5 Å². The third-order valence-electron chi connectivity index (χ3n) is 4.36. The Morgan fingerprint density at radius 3 is 2.48 bits per heavy atom. The summed E-state index contributed by atoms with van der Waals surface area (Å²) in [5, 5.41) is 5.24. The van der Waals surface area contributed by atoms with Crippen molar-refractivity contribution in [2.45, 2.75) is 39.2 Å². The van der Waals surface area contributed by atoms with Gasteiger partial charge in [-0.3, -0.25) is 4.79 Å². The summed E-state index contributed by atoms with van der Waals surface area (Å²) in [6, 6.07) is 2.36. The minimum atomic E-state index is -0.854. The Morgan fingerprint density at radius 1 is 1.22 bits per heavy atom. The lowest BCUT2D eigenvalue weighted by molar-refractivity contribution is -0.143. The first-order valence-electron chi connectivity index (χ1n) is 9.06. The molecule has 2 rings (SSSR count). The number of amides is 3. The summed E-state index contributed by atoms with van der Waals surface area (Å²) in [5.41, 5.74) is 0.152. The van der Waals surface area contributed by atoms with Crippen LogP contribution in [-0.2, 0) is 9.53 Å². The molecule has 0 spiro atoms. The first-order valence-corrected chi connectivity index (χ1v) is 9.06. The molecular weight excluding hydrogens is 353 g/mol. The van der Waals surface area contributed by atoms with Gasteiger partial charge in [-0.2, -0.15) is 0 Å². The topological polar surface area (TPSA) is 87.7 Å². The molecule has 1 heterocycles. The zero-order valence-electron chi connectivity index (χ0n) is 15.9. The first-order chi connectivity index (χ1) is 12.8. The van der Waals surface area contributed by atoms with E-state index in [9.17, 15) is 18.8 Å². The molecule has 0 bridgehead atoms. The Morgan fingerprint density at radius 2 is 1.89 bits per heavy atom. The lowest BCUT2D eigenvalue weighted by atomic mass is 10.0. The Hall–Kier alpha value is -2.64. The maximum atomic E-state index is 13.7. The molecule has 1 fully saturated rings. The van der Waals surface area contributed by atoms with Crippen molar-refractivity contribution in [1.29, 1.82) is 0 Å². The third-order valence-corrected chi connectivity index (χ3v) is 4.36. The van der Waals surface area contributed by atoms with E-state index in [0.717, 1.165) is 18.9 Å². The number of carbonyl (C=O) groups excluding carboxylic acids is 3. The highest BCUT2D eigenvalue weighted by Gasteiger charge is 2.26. The van der Waals surface area contributed by atoms with Crippen molar-refractivity contribution in [1.82, 2.24) is 10.2 Å². The van der Waals surface area contributed by atoms with E-state index in [1.165, 1.54) is 19.2 Å². The summed E-state index contributed by atoms with van der Waals surface area (Å²) in [6.07, 6.45) is 2.24. The van der Waals surface area contributed by atoms with Crippen molar-refractivity contribution in [2.75, 3.05) is 25.5 Å². The maximum Gasteiger partial charge on any atom is 0.328 e. The number of rotatable bonds is 6. The van der Waals surface area contributed by atoms with Gasteiger partial charge < -0.3 is 20.3 Å². The van der Waals surface area contributed by atoms with Crippen LogP contribution in [0, 0.1) is 11.7 Å². The van der Waals surface area contributed by atoms with E-state index >= 15 is 0 Å². The number of ether oxygens (including phenoxy) is 1. The van der Waals surface area contributed by atoms with Gasteiger partial charge in [0.25, 0.3) is 5.91 Å². The Kier molecular flexibility index (Phi) is 7.15. The molecule has 7 nitrogen and oxygen atoms in total. The lowest BCUT2D eigenvalue weighted by Crippen LogP contribution is -2.42. The van der Waals surface area contributed by atoms with Gasteiger partial charge in [-0.05, 0) is 43.4 Å². The average molecular weight is 379 g/mol. The Balaban J connectivity index is 2.19. The molecule has 27 heavy (non-hydrogen) atoms. The molecule has 0 unspecified atom stereocenters. The van der Waals surface area contributed by atoms with Gasteiger partial charge in [-0.1, -0.05) is 13.8 Å². The van der Waals surface area contributed by atoms with Gasteiger partial charge in [-0.25, -0.2) is 14.0 Å². The fourth-order valence-corrected chi connectivity index (χ4v) is 2.99. The van der Waals surface area contributed by atoms with Crippen molar-refractivity contribution in [2.24, 2.45) is 5.92 Å². The van der Waals surface area contributed by atoms with Gasteiger partial charge in [0.15, 0.2) is 0 Å². The number of hydrogen-bond donors (Lipinski definition) is 2. The molecule has 1 aromatic carbocycles. The number of urea groups is 1. The van der Waals surface area contributed by atoms with E-state index in [4.69, 9.17) is 4.74 Å². The van der Waals surface area contributed by atoms with Gasteiger partial charge in [0.2, 0.25) is 0 Å². The van der Waals surface area contributed by atoms with Crippen molar-refractivity contribution in [3.8, 4) is 0 Å². The summed E-state index contributed by atoms with van der Waals surface area (Å²) in [4.78, 5) is 38.6. The highest BCUT2D eigenvalue weighted by atomic mass is 19.1. The number of esters is 1. The minimum absolute atomic E-state index is 0.0415. The molecule has 3 amide bonds. The monoisotopic (exact) mass is 379 g/mol. The summed E-state index contributed by atoms with van der Waals surface area (Å²) < 4.78 is 18.5. The van der Waals surface area contributed by atoms with E-state index in [1.54, 1.807) is 4.90 Å². The second-order valence-electron chi connectivity index (χ2n) is 6.99. The van der Waals surface area contributed by atoms with Gasteiger partial charge >= 0.3 is 12.0 Å². The van der Waals surface area contributed by atoms with Crippen LogP contribution in [0.15, 0.2) is 18.2 Å². The second kappa shape index (κ2) is 9.34. The number of nitrogens with zero attached hydrogens (tertiary/aromatic N) is 1. The molecule has 8 heteroatoms. The van der Waals surface area contributed by atoms with Gasteiger partial charge in [0, 0.05) is 13.1 Å². The quantitative estimate of drug-likeness (QED) is 0.744. The molecule has 1 saturated heterocycles. The standard InChI is InChI=1S/C19H26FN3O4/c1-12(2)10-16(18(25)27-3)21-17(24)14-11-13(20)6-7-15(14)22-19(26)23-8-4-5-9-23/h6-7,11-12,16H,4-5,8-10H2,1-3H3,(H,21,24)(H,22,26)/t16-/m1/s1. The average Bonchev–Trinajstić information content (AvgIpc) is 3.16. The minimum Gasteiger partial charge on any atom is -0.467 e. The molecule has 0 saturated carbocycles. The van der Waals surface area contributed by atoms with E-state index in [1.807, 2.05) is 13.8 Å². The zero-order valence-corrected chi connectivity index (χ0v) is 15.9. The highest BCUT2D eigenvalue weighted by Crippen LogP contribution is 2.20. The number of methoxy groups -OCH3 is 1. The molecule has 0 aromatic heterocycles. The SMILES string of the molecule is COC(=O)[C@@H](CC(C)C)NC(=O)c1cc(F)ccc1NC(=O)N1CCCC1. The number of carbonyl (C=O) groups is 3. The van der Waals surface area contributed by atoms with Gasteiger partial charge in [-0.15, -0.1) is 0 Å². The molecule has 1 aliphatic rings. The van der Waals surface area contributed by atoms with E-state index in [2.05, 4.69) is 10.6 Å². The molecule has 1 aromatic rings. The fraction of sp³-hybridized carbons (Fsp3) is 0.526. The fourth-order valence-electron chi connectivity index (χ4n) is 2.99. The van der Waals surface area contributed by atoms with Crippen LogP contribution in [0.3, 0.4) is 0 Å². The number of benzene rings is 1. The smallest absolute Gasteiger partial charge is 0.328 e. The molecular formula is C19H26FN3O4. The zero-order chi connectivity index (χ0) is 20.0. The molecule has 2 N–H and O–H groups in total. The van der Waals surface area contributed by atoms with Crippen LogP contribution in [-0.4, -0.2) is 49.0 Å². The highest BCUT2D eigenvalue weighted by molar-refractivity contribution is 6.04. The molecule has 0 radical (unpaired) electrons. The van der Waals surface area contributed by atoms with Crippen molar-refractivity contribution >= 4 is 23.6 Å². The van der Waals surface area contributed by atoms with Crippen LogP contribution >= 0.6 is 0 Å². The van der Waals surface area contributed by atoms with Crippen LogP contribution in [0.5, 0.6) is 0 Å². The van der Waals surface area contributed by atoms with Crippen LogP contribution in [0.2, 0.25) is 0 Å². The molecule has 1 atom stereocenters. The number of likely N-dealkylation sites (tertiary alicyclic amines) is 1. The first kappa shape index (κ1) is 20.7. The second-order valence-corrected chi connectivity index (χ2v) is 6.99. The third kappa shape index (κ3) is 5.67. The normalized spacial score (nSPS) is 14.8. The predicted molar refractivity (Wildman–Crippen MR) is 99.0 cm³/mol. The summed E-state index contributed by atoms with van der Waals surface area (Å²) in [6.45, 7) is 5.11. The molecule has 0 aliphatic carbocycles. The van der Waals surface area contributed by atoms with Gasteiger partial charge in [0.05, 0.1) is 18.4 Å². The lowest BCUT2D eigenvalue weighted by Gasteiger charge is -2.20. The molecule has 1 aliphatic heterocycles. The van der Waals surface area contributed by atoms with E-state index < -0.39 is 23.7 Å². The maximum absolute atomic E-state index is 13.7. The number of nitrogens with one attached hydrogen (secondary N) is 2. The summed E-state index contributed by atoms with van der Waals surface area (Å²) >= 11 is 0. The summed E-state index contributed by atoms with van der Waals surface area (Å²) in [5.74, 6) is -1.70. The number of halogens is 1. The van der Waals surface area contributed by atoms with Crippen LogP contribution in [0.1, 0.15) is 43.5 Å². The summed E-state index contributed by atoms with van der Waals surface area (Å²) in [7, 11) is 1.24. The van der Waals surface area contributed by atoms with E-state index in [0.29, 0.717) is 19.5 Å². The van der Waals surface area contributed by atoms with Crippen molar-refractivity contribution in [3.63, 3.8) is 0 Å². The van der Waals surface area contributed by atoms with Crippen molar-refractivity contribution in [3.05, 3.63) is 29.6 Å². The van der Waals surface area contributed by atoms with Crippen LogP contribution in [0.4, 0.5) is 14.9 Å². The Bertz CT molecular complexity index is 702. The predicted octanol–water partition coefficient (Wildman–Crippen LogP) is 2.77. The van der Waals surface area contributed by atoms with Gasteiger partial charge in [0.1, 0.15) is 11.9 Å². The van der Waals surface area contributed by atoms with Crippen LogP contribution < -0.4 is 10.6 Å². The number of anilines is 1.